The molecule has 30 heavy (non-hydrogen) atoms. The van der Waals surface area contributed by atoms with Gasteiger partial charge in [-0.2, -0.15) is 13.2 Å². The largest absolute Gasteiger partial charge is 0.573 e. The number of carbonyl (C=O) groups excluding carboxylic acids is 1. The minimum absolute atomic E-state index is 0.163. The standard InChI is InChI=1S/C17H13F6NO5S/c18-16(19,20)29-12-5-1-10(2-6-12)14(25)9-24-15(26)11-3-7-13(8-4-11)30(27,28)17(21,22)23/h1-8,14,25H,9H2,(H,24,26). The van der Waals surface area contributed by atoms with Crippen LogP contribution < -0.4 is 10.1 Å². The number of amides is 1. The second kappa shape index (κ2) is 8.52. The summed E-state index contributed by atoms with van der Waals surface area (Å²) in [7, 11) is -5.55. The molecule has 164 valence electrons. The lowest BCUT2D eigenvalue weighted by Crippen LogP contribution is -2.28. The molecule has 2 rings (SSSR count). The first kappa shape index (κ1) is 23.5. The fourth-order valence-corrected chi connectivity index (χ4v) is 2.98. The van der Waals surface area contributed by atoms with Crippen molar-refractivity contribution in [3.8, 4) is 5.75 Å². The molecular weight excluding hydrogens is 444 g/mol. The summed E-state index contributed by atoms with van der Waals surface area (Å²) in [4.78, 5) is 11.0. The number of hydrogen-bond donors (Lipinski definition) is 2. The zero-order valence-electron chi connectivity index (χ0n) is 14.7. The lowest BCUT2D eigenvalue weighted by molar-refractivity contribution is -0.274. The first-order chi connectivity index (χ1) is 13.7. The molecule has 1 atom stereocenters. The first-order valence-electron chi connectivity index (χ1n) is 7.94. The molecule has 0 spiro atoms. The van der Waals surface area contributed by atoms with Crippen LogP contribution in [-0.2, 0) is 9.84 Å². The molecule has 0 aliphatic rings. The summed E-state index contributed by atoms with van der Waals surface area (Å²) in [6, 6.07) is 7.19. The van der Waals surface area contributed by atoms with Gasteiger partial charge >= 0.3 is 11.9 Å². The van der Waals surface area contributed by atoms with E-state index < -0.39 is 44.4 Å². The number of benzene rings is 2. The predicted molar refractivity (Wildman–Crippen MR) is 90.1 cm³/mol. The molecular formula is C17H13F6NO5S. The van der Waals surface area contributed by atoms with Gasteiger partial charge in [-0.1, -0.05) is 12.1 Å². The number of nitrogens with one attached hydrogen (secondary N) is 1. The van der Waals surface area contributed by atoms with Crippen LogP contribution in [0.15, 0.2) is 53.4 Å². The van der Waals surface area contributed by atoms with Gasteiger partial charge in [0.25, 0.3) is 15.7 Å². The van der Waals surface area contributed by atoms with Crippen LogP contribution in [0.25, 0.3) is 0 Å². The van der Waals surface area contributed by atoms with Crippen LogP contribution in [0.4, 0.5) is 26.3 Å². The zero-order valence-corrected chi connectivity index (χ0v) is 15.5. The molecule has 13 heteroatoms. The van der Waals surface area contributed by atoms with E-state index >= 15 is 0 Å². The fraction of sp³-hybridized carbons (Fsp3) is 0.235. The van der Waals surface area contributed by atoms with Crippen LogP contribution >= 0.6 is 0 Å². The van der Waals surface area contributed by atoms with E-state index in [2.05, 4.69) is 10.1 Å². The van der Waals surface area contributed by atoms with Crippen LogP contribution in [0, 0.1) is 0 Å². The SMILES string of the molecule is O=C(NCC(O)c1ccc(OC(F)(F)F)cc1)c1ccc(S(=O)(=O)C(F)(F)F)cc1. The van der Waals surface area contributed by atoms with Crippen molar-refractivity contribution >= 4 is 15.7 Å². The Balaban J connectivity index is 1.98. The number of aliphatic hydroxyl groups is 1. The number of rotatable bonds is 6. The molecule has 6 nitrogen and oxygen atoms in total. The molecule has 0 saturated carbocycles. The Bertz CT molecular complexity index is 985. The molecule has 2 N–H and O–H groups in total. The summed E-state index contributed by atoms with van der Waals surface area (Å²) in [5.74, 6) is -1.32. The summed E-state index contributed by atoms with van der Waals surface area (Å²) in [5, 5.41) is 12.3. The Hall–Kier alpha value is -2.80. The van der Waals surface area contributed by atoms with Crippen molar-refractivity contribution < 1.29 is 49.4 Å². The van der Waals surface area contributed by atoms with Crippen LogP contribution in [0.3, 0.4) is 0 Å². The Labute approximate surface area is 166 Å². The van der Waals surface area contributed by atoms with E-state index in [1.165, 1.54) is 0 Å². The molecule has 0 saturated heterocycles. The number of aliphatic hydroxyl groups excluding tert-OH is 1. The van der Waals surface area contributed by atoms with Gasteiger partial charge in [0.15, 0.2) is 0 Å². The number of ether oxygens (including phenoxy) is 1. The summed E-state index contributed by atoms with van der Waals surface area (Å²) in [6.45, 7) is -0.374. The van der Waals surface area contributed by atoms with Crippen molar-refractivity contribution in [3.05, 3.63) is 59.7 Å². The second-order valence-electron chi connectivity index (χ2n) is 5.82. The van der Waals surface area contributed by atoms with Crippen molar-refractivity contribution in [1.29, 1.82) is 0 Å². The van der Waals surface area contributed by atoms with E-state index in [9.17, 15) is 44.7 Å². The first-order valence-corrected chi connectivity index (χ1v) is 9.42. The van der Waals surface area contributed by atoms with Gasteiger partial charge in [0.05, 0.1) is 11.0 Å². The maximum absolute atomic E-state index is 12.5. The summed E-state index contributed by atoms with van der Waals surface area (Å²) < 4.78 is 100. The fourth-order valence-electron chi connectivity index (χ4n) is 2.22. The Kier molecular flexibility index (Phi) is 6.67. The monoisotopic (exact) mass is 457 g/mol. The molecule has 0 aromatic heterocycles. The van der Waals surface area contributed by atoms with Crippen LogP contribution in [0.2, 0.25) is 0 Å². The number of hydrogen-bond acceptors (Lipinski definition) is 5. The lowest BCUT2D eigenvalue weighted by Gasteiger charge is -2.14. The van der Waals surface area contributed by atoms with E-state index in [1.54, 1.807) is 0 Å². The minimum Gasteiger partial charge on any atom is -0.406 e. The lowest BCUT2D eigenvalue weighted by atomic mass is 10.1. The second-order valence-corrected chi connectivity index (χ2v) is 7.76. The van der Waals surface area contributed by atoms with E-state index in [0.717, 1.165) is 36.4 Å². The number of halogens is 6. The maximum Gasteiger partial charge on any atom is 0.573 e. The van der Waals surface area contributed by atoms with Gasteiger partial charge in [0.1, 0.15) is 5.75 Å². The highest BCUT2D eigenvalue weighted by Crippen LogP contribution is 2.30. The third-order valence-corrected chi connectivity index (χ3v) is 5.19. The van der Waals surface area contributed by atoms with Crippen molar-refractivity contribution in [2.75, 3.05) is 6.54 Å². The number of carbonyl (C=O) groups is 1. The van der Waals surface area contributed by atoms with Gasteiger partial charge in [-0.15, -0.1) is 13.2 Å². The van der Waals surface area contributed by atoms with Gasteiger partial charge in [-0.25, -0.2) is 8.42 Å². The Morgan fingerprint density at radius 1 is 0.967 bits per heavy atom. The van der Waals surface area contributed by atoms with Crippen molar-refractivity contribution in [3.63, 3.8) is 0 Å². The highest BCUT2D eigenvalue weighted by Gasteiger charge is 2.46. The molecule has 2 aromatic rings. The highest BCUT2D eigenvalue weighted by molar-refractivity contribution is 7.92. The van der Waals surface area contributed by atoms with Crippen molar-refractivity contribution in [2.24, 2.45) is 0 Å². The van der Waals surface area contributed by atoms with Gasteiger partial charge in [0, 0.05) is 12.1 Å². The topological polar surface area (TPSA) is 92.7 Å². The third kappa shape index (κ3) is 5.86. The van der Waals surface area contributed by atoms with Crippen molar-refractivity contribution in [1.82, 2.24) is 5.32 Å². The van der Waals surface area contributed by atoms with Gasteiger partial charge in [0.2, 0.25) is 0 Å². The van der Waals surface area contributed by atoms with Gasteiger partial charge in [-0.3, -0.25) is 4.79 Å². The summed E-state index contributed by atoms with van der Waals surface area (Å²) >= 11 is 0. The van der Waals surface area contributed by atoms with E-state index in [-0.39, 0.29) is 17.7 Å². The molecule has 0 bridgehead atoms. The van der Waals surface area contributed by atoms with Crippen molar-refractivity contribution in [2.45, 2.75) is 22.9 Å². The Morgan fingerprint density at radius 2 is 1.50 bits per heavy atom. The highest BCUT2D eigenvalue weighted by atomic mass is 32.2. The van der Waals surface area contributed by atoms with E-state index in [4.69, 9.17) is 0 Å². The molecule has 1 amide bonds. The number of alkyl halides is 6. The van der Waals surface area contributed by atoms with Crippen LogP contribution in [-0.4, -0.2) is 37.8 Å². The van der Waals surface area contributed by atoms with E-state index in [0.29, 0.717) is 12.1 Å². The van der Waals surface area contributed by atoms with E-state index in [1.807, 2.05) is 0 Å². The average Bonchev–Trinajstić information content (AvgIpc) is 2.64. The normalized spacial score (nSPS) is 13.6. The van der Waals surface area contributed by atoms with Crippen LogP contribution in [0.5, 0.6) is 5.75 Å². The van der Waals surface area contributed by atoms with Crippen LogP contribution in [0.1, 0.15) is 22.0 Å². The molecule has 0 fully saturated rings. The molecule has 0 radical (unpaired) electrons. The molecule has 0 aliphatic carbocycles. The van der Waals surface area contributed by atoms with Gasteiger partial charge < -0.3 is 15.2 Å². The summed E-state index contributed by atoms with van der Waals surface area (Å²) in [6.07, 6.45) is -6.18. The molecule has 1 unspecified atom stereocenters. The third-order valence-electron chi connectivity index (χ3n) is 3.69. The smallest absolute Gasteiger partial charge is 0.406 e. The molecule has 0 aliphatic heterocycles. The average molecular weight is 457 g/mol. The predicted octanol–water partition coefficient (Wildman–Crippen LogP) is 3.34. The minimum atomic E-state index is -5.55. The Morgan fingerprint density at radius 3 is 1.97 bits per heavy atom. The zero-order chi connectivity index (χ0) is 22.7. The van der Waals surface area contributed by atoms with Gasteiger partial charge in [-0.05, 0) is 42.0 Å². The molecule has 2 aromatic carbocycles. The maximum atomic E-state index is 12.5. The number of sulfone groups is 1. The molecule has 0 heterocycles. The quantitative estimate of drug-likeness (QED) is 0.650. The summed E-state index contributed by atoms with van der Waals surface area (Å²) in [5.41, 5.74) is -5.49.